The molecular formula is C16H15ClO3. The molecule has 0 bridgehead atoms. The Morgan fingerprint density at radius 2 is 1.85 bits per heavy atom. The second-order valence-electron chi connectivity index (χ2n) is 4.25. The Morgan fingerprint density at radius 3 is 2.45 bits per heavy atom. The highest BCUT2D eigenvalue weighted by atomic mass is 35.5. The molecule has 0 saturated carbocycles. The molecule has 3 nitrogen and oxygen atoms in total. The van der Waals surface area contributed by atoms with Crippen LogP contribution in [0, 0.1) is 0 Å². The Balaban J connectivity index is 2.32. The van der Waals surface area contributed by atoms with Crippen LogP contribution in [0.5, 0.6) is 17.2 Å². The van der Waals surface area contributed by atoms with E-state index in [9.17, 15) is 4.79 Å². The molecule has 104 valence electrons. The van der Waals surface area contributed by atoms with Crippen molar-refractivity contribution in [2.45, 2.75) is 13.3 Å². The fourth-order valence-electron chi connectivity index (χ4n) is 1.81. The number of hydrogen-bond donors (Lipinski definition) is 0. The van der Waals surface area contributed by atoms with Crippen LogP contribution in [0.25, 0.3) is 0 Å². The number of ether oxygens (including phenoxy) is 2. The molecule has 0 atom stereocenters. The van der Waals surface area contributed by atoms with Crippen molar-refractivity contribution in [1.82, 2.24) is 0 Å². The molecular weight excluding hydrogens is 276 g/mol. The van der Waals surface area contributed by atoms with Gasteiger partial charge in [-0.2, -0.15) is 0 Å². The number of aldehydes is 1. The minimum Gasteiger partial charge on any atom is -0.493 e. The molecule has 4 heteroatoms. The van der Waals surface area contributed by atoms with E-state index in [1.165, 1.54) is 0 Å². The van der Waals surface area contributed by atoms with E-state index < -0.39 is 0 Å². The summed E-state index contributed by atoms with van der Waals surface area (Å²) in [5.41, 5.74) is 1.67. The largest absolute Gasteiger partial charge is 0.493 e. The predicted octanol–water partition coefficient (Wildman–Crippen LogP) is 4.52. The van der Waals surface area contributed by atoms with Gasteiger partial charge in [-0.15, -0.1) is 0 Å². The SMILES string of the molecule is CCc1ccc(Oc2ccc(C=O)cc2Cl)c(OC)c1. The molecule has 0 heterocycles. The van der Waals surface area contributed by atoms with Crippen molar-refractivity contribution >= 4 is 17.9 Å². The summed E-state index contributed by atoms with van der Waals surface area (Å²) in [6.45, 7) is 2.07. The molecule has 0 saturated heterocycles. The molecule has 0 aromatic heterocycles. The maximum absolute atomic E-state index is 10.7. The van der Waals surface area contributed by atoms with Gasteiger partial charge in [0.25, 0.3) is 0 Å². The molecule has 0 unspecified atom stereocenters. The number of carbonyl (C=O) groups excluding carboxylic acids is 1. The lowest BCUT2D eigenvalue weighted by atomic mass is 10.1. The lowest BCUT2D eigenvalue weighted by Gasteiger charge is -2.12. The molecule has 2 aromatic rings. The maximum atomic E-state index is 10.7. The van der Waals surface area contributed by atoms with Gasteiger partial charge in [0.2, 0.25) is 0 Å². The smallest absolute Gasteiger partial charge is 0.169 e. The van der Waals surface area contributed by atoms with Crippen LogP contribution in [0.15, 0.2) is 36.4 Å². The normalized spacial score (nSPS) is 10.2. The summed E-state index contributed by atoms with van der Waals surface area (Å²) >= 11 is 6.09. The quantitative estimate of drug-likeness (QED) is 0.760. The Morgan fingerprint density at radius 1 is 1.10 bits per heavy atom. The molecule has 0 amide bonds. The lowest BCUT2D eigenvalue weighted by molar-refractivity contribution is 0.112. The number of hydrogen-bond acceptors (Lipinski definition) is 3. The third kappa shape index (κ3) is 3.11. The standard InChI is InChI=1S/C16H15ClO3/c1-3-11-4-7-15(16(9-11)19-2)20-14-6-5-12(10-18)8-13(14)17/h4-10H,3H2,1-2H3. The minimum atomic E-state index is 0.385. The summed E-state index contributed by atoms with van der Waals surface area (Å²) < 4.78 is 11.1. The summed E-state index contributed by atoms with van der Waals surface area (Å²) in [7, 11) is 1.60. The van der Waals surface area contributed by atoms with Gasteiger partial charge in [0.1, 0.15) is 12.0 Å². The van der Waals surface area contributed by atoms with Crippen molar-refractivity contribution in [3.8, 4) is 17.2 Å². The van der Waals surface area contributed by atoms with E-state index in [1.54, 1.807) is 25.3 Å². The van der Waals surface area contributed by atoms with E-state index in [0.29, 0.717) is 27.8 Å². The Bertz CT molecular complexity index is 623. The predicted molar refractivity (Wildman–Crippen MR) is 79.3 cm³/mol. The van der Waals surface area contributed by atoms with Crippen molar-refractivity contribution in [1.29, 1.82) is 0 Å². The maximum Gasteiger partial charge on any atom is 0.169 e. The van der Waals surface area contributed by atoms with E-state index >= 15 is 0 Å². The molecule has 0 fully saturated rings. The van der Waals surface area contributed by atoms with E-state index in [0.717, 1.165) is 18.3 Å². The molecule has 2 aromatic carbocycles. The van der Waals surface area contributed by atoms with Crippen molar-refractivity contribution in [3.63, 3.8) is 0 Å². The number of carbonyl (C=O) groups is 1. The first kappa shape index (κ1) is 14.4. The zero-order chi connectivity index (χ0) is 14.5. The van der Waals surface area contributed by atoms with Gasteiger partial charge in [0, 0.05) is 5.56 Å². The van der Waals surface area contributed by atoms with E-state index in [-0.39, 0.29) is 0 Å². The van der Waals surface area contributed by atoms with Gasteiger partial charge in [-0.1, -0.05) is 24.6 Å². The lowest BCUT2D eigenvalue weighted by Crippen LogP contribution is -1.93. The van der Waals surface area contributed by atoms with Crippen LogP contribution in [0.4, 0.5) is 0 Å². The second-order valence-corrected chi connectivity index (χ2v) is 4.66. The Labute approximate surface area is 123 Å². The average molecular weight is 291 g/mol. The average Bonchev–Trinajstić information content (AvgIpc) is 2.49. The van der Waals surface area contributed by atoms with Crippen molar-refractivity contribution in [2.75, 3.05) is 7.11 Å². The topological polar surface area (TPSA) is 35.5 Å². The molecule has 0 spiro atoms. The monoisotopic (exact) mass is 290 g/mol. The van der Waals surface area contributed by atoms with Crippen LogP contribution in [0.2, 0.25) is 5.02 Å². The highest BCUT2D eigenvalue weighted by Gasteiger charge is 2.09. The summed E-state index contributed by atoms with van der Waals surface area (Å²) in [5, 5.41) is 0.385. The number of methoxy groups -OCH3 is 1. The van der Waals surface area contributed by atoms with Crippen LogP contribution >= 0.6 is 11.6 Å². The van der Waals surface area contributed by atoms with Crippen LogP contribution in [0.1, 0.15) is 22.8 Å². The molecule has 0 N–H and O–H groups in total. The zero-order valence-corrected chi connectivity index (χ0v) is 12.1. The second kappa shape index (κ2) is 6.44. The first-order valence-electron chi connectivity index (χ1n) is 6.27. The van der Waals surface area contributed by atoms with E-state index in [2.05, 4.69) is 6.92 Å². The highest BCUT2D eigenvalue weighted by Crippen LogP contribution is 2.35. The fourth-order valence-corrected chi connectivity index (χ4v) is 2.04. The van der Waals surface area contributed by atoms with Crippen LogP contribution in [-0.2, 0) is 6.42 Å². The third-order valence-electron chi connectivity index (χ3n) is 2.95. The van der Waals surface area contributed by atoms with Gasteiger partial charge in [0.05, 0.1) is 12.1 Å². The molecule has 0 aliphatic heterocycles. The zero-order valence-electron chi connectivity index (χ0n) is 11.4. The van der Waals surface area contributed by atoms with Gasteiger partial charge in [-0.05, 0) is 42.3 Å². The number of halogens is 1. The van der Waals surface area contributed by atoms with Crippen LogP contribution < -0.4 is 9.47 Å². The van der Waals surface area contributed by atoms with Gasteiger partial charge < -0.3 is 9.47 Å². The molecule has 0 radical (unpaired) electrons. The first-order valence-corrected chi connectivity index (χ1v) is 6.65. The molecule has 2 rings (SSSR count). The van der Waals surface area contributed by atoms with Crippen molar-refractivity contribution in [3.05, 3.63) is 52.5 Å². The minimum absolute atomic E-state index is 0.385. The van der Waals surface area contributed by atoms with Crippen molar-refractivity contribution < 1.29 is 14.3 Å². The Kier molecular flexibility index (Phi) is 4.64. The highest BCUT2D eigenvalue weighted by molar-refractivity contribution is 6.32. The molecule has 0 aliphatic rings. The van der Waals surface area contributed by atoms with Gasteiger partial charge in [-0.3, -0.25) is 4.79 Å². The Hall–Kier alpha value is -2.00. The fraction of sp³-hybridized carbons (Fsp3) is 0.188. The number of rotatable bonds is 5. The first-order chi connectivity index (χ1) is 9.67. The third-order valence-corrected chi connectivity index (χ3v) is 3.24. The number of aryl methyl sites for hydroxylation is 1. The summed E-state index contributed by atoms with van der Waals surface area (Å²) in [6.07, 6.45) is 1.66. The summed E-state index contributed by atoms with van der Waals surface area (Å²) in [5.74, 6) is 1.73. The molecule has 0 aliphatic carbocycles. The summed E-state index contributed by atoms with van der Waals surface area (Å²) in [6, 6.07) is 10.6. The van der Waals surface area contributed by atoms with Crippen LogP contribution in [-0.4, -0.2) is 13.4 Å². The van der Waals surface area contributed by atoms with Gasteiger partial charge in [0.15, 0.2) is 11.5 Å². The van der Waals surface area contributed by atoms with Crippen LogP contribution in [0.3, 0.4) is 0 Å². The van der Waals surface area contributed by atoms with E-state index in [1.807, 2.05) is 18.2 Å². The number of benzene rings is 2. The van der Waals surface area contributed by atoms with Gasteiger partial charge >= 0.3 is 0 Å². The van der Waals surface area contributed by atoms with E-state index in [4.69, 9.17) is 21.1 Å². The van der Waals surface area contributed by atoms with Gasteiger partial charge in [-0.25, -0.2) is 0 Å². The van der Waals surface area contributed by atoms with Crippen molar-refractivity contribution in [2.24, 2.45) is 0 Å². The molecule has 20 heavy (non-hydrogen) atoms. The summed E-state index contributed by atoms with van der Waals surface area (Å²) in [4.78, 5) is 10.7.